The number of rotatable bonds is 6. The van der Waals surface area contributed by atoms with E-state index in [1.165, 1.54) is 29.2 Å². The standard InChI is InChI=1S/C37H28BrClFN3O6/c38-20-3-11-24(12-4-20)42-33(45)27-15-14-26-28(31(27)35(42)47)17-29-34(46)43(41-23-9-7-22(40)8-10-23)36(48)37(29,19-1-5-21(39)6-2-19)32(26)30-16-13-25(18-44)49-30/h1-14,16,27-29,31-32,41,44H,15,17-18H2/t27-,28+,29-,31-,32+,37+/m0/s1. The zero-order valence-electron chi connectivity index (χ0n) is 25.7. The Morgan fingerprint density at radius 2 is 1.61 bits per heavy atom. The molecule has 49 heavy (non-hydrogen) atoms. The summed E-state index contributed by atoms with van der Waals surface area (Å²) in [6.45, 7) is -0.391. The fraction of sp³-hybridized carbons (Fsp3) is 0.243. The number of nitrogens with zero attached hydrogens (tertiary/aromatic N) is 2. The summed E-state index contributed by atoms with van der Waals surface area (Å²) in [7, 11) is 0. The Kier molecular flexibility index (Phi) is 7.62. The average Bonchev–Trinajstić information content (AvgIpc) is 3.74. The summed E-state index contributed by atoms with van der Waals surface area (Å²) >= 11 is 9.72. The minimum absolute atomic E-state index is 0.0963. The van der Waals surface area contributed by atoms with Gasteiger partial charge in [-0.3, -0.25) is 29.5 Å². The highest BCUT2D eigenvalue weighted by Crippen LogP contribution is 2.64. The lowest BCUT2D eigenvalue weighted by atomic mass is 9.50. The van der Waals surface area contributed by atoms with Crippen molar-refractivity contribution < 1.29 is 33.1 Å². The Bertz CT molecular complexity index is 2050. The van der Waals surface area contributed by atoms with E-state index in [0.717, 1.165) is 15.1 Å². The number of amides is 4. The van der Waals surface area contributed by atoms with Gasteiger partial charge in [0.15, 0.2) is 0 Å². The van der Waals surface area contributed by atoms with Crippen LogP contribution in [0.5, 0.6) is 0 Å². The van der Waals surface area contributed by atoms with Crippen molar-refractivity contribution >= 4 is 62.5 Å². The molecule has 1 aromatic heterocycles. The van der Waals surface area contributed by atoms with Crippen LogP contribution < -0.4 is 10.3 Å². The minimum Gasteiger partial charge on any atom is -0.463 e. The molecule has 3 heterocycles. The van der Waals surface area contributed by atoms with E-state index in [-0.39, 0.29) is 30.4 Å². The predicted octanol–water partition coefficient (Wildman–Crippen LogP) is 6.52. The first-order valence-electron chi connectivity index (χ1n) is 15.8. The van der Waals surface area contributed by atoms with Crippen molar-refractivity contribution in [2.75, 3.05) is 10.3 Å². The molecular weight excluding hydrogens is 717 g/mol. The fourth-order valence-electron chi connectivity index (χ4n) is 8.44. The minimum atomic E-state index is -1.56. The van der Waals surface area contributed by atoms with Gasteiger partial charge in [-0.1, -0.05) is 51.3 Å². The molecule has 9 nitrogen and oxygen atoms in total. The first-order valence-corrected chi connectivity index (χ1v) is 17.0. The third kappa shape index (κ3) is 4.74. The van der Waals surface area contributed by atoms with Crippen molar-refractivity contribution in [3.8, 4) is 0 Å². The second-order valence-electron chi connectivity index (χ2n) is 12.8. The Morgan fingerprint density at radius 3 is 2.29 bits per heavy atom. The topological polar surface area (TPSA) is 120 Å². The van der Waals surface area contributed by atoms with Crippen LogP contribution in [0.3, 0.4) is 0 Å². The summed E-state index contributed by atoms with van der Waals surface area (Å²) in [4.78, 5) is 59.1. The van der Waals surface area contributed by atoms with Gasteiger partial charge in [0.05, 0.1) is 35.0 Å². The first-order chi connectivity index (χ1) is 23.6. The number of carbonyl (C=O) groups is 4. The summed E-state index contributed by atoms with van der Waals surface area (Å²) < 4.78 is 20.8. The molecule has 4 aromatic rings. The lowest BCUT2D eigenvalue weighted by molar-refractivity contribution is -0.138. The van der Waals surface area contributed by atoms with Gasteiger partial charge in [0.25, 0.3) is 11.8 Å². The van der Waals surface area contributed by atoms with E-state index in [1.54, 1.807) is 60.7 Å². The molecular formula is C37H28BrClFN3O6. The van der Waals surface area contributed by atoms with Gasteiger partial charge in [-0.15, -0.1) is 0 Å². The monoisotopic (exact) mass is 743 g/mol. The van der Waals surface area contributed by atoms with Crippen LogP contribution in [0.15, 0.2) is 105 Å². The third-order valence-electron chi connectivity index (χ3n) is 10.5. The van der Waals surface area contributed by atoms with Crippen molar-refractivity contribution in [1.82, 2.24) is 5.01 Å². The van der Waals surface area contributed by atoms with Crippen LogP contribution in [0.1, 0.15) is 35.8 Å². The molecule has 3 fully saturated rings. The molecule has 248 valence electrons. The molecule has 0 bridgehead atoms. The van der Waals surface area contributed by atoms with E-state index in [9.17, 15) is 23.9 Å². The van der Waals surface area contributed by atoms with E-state index in [1.807, 2.05) is 6.08 Å². The molecule has 3 aromatic carbocycles. The van der Waals surface area contributed by atoms with Crippen LogP contribution in [0.25, 0.3) is 0 Å². The maximum absolute atomic E-state index is 15.1. The summed E-state index contributed by atoms with van der Waals surface area (Å²) in [6, 6.07) is 22.3. The zero-order chi connectivity index (χ0) is 34.2. The quantitative estimate of drug-likeness (QED) is 0.171. The largest absolute Gasteiger partial charge is 0.463 e. The van der Waals surface area contributed by atoms with Crippen LogP contribution >= 0.6 is 27.5 Å². The normalized spacial score (nSPS) is 27.6. The Morgan fingerprint density at radius 1 is 0.898 bits per heavy atom. The molecule has 2 aliphatic carbocycles. The van der Waals surface area contributed by atoms with Crippen LogP contribution in [-0.4, -0.2) is 33.7 Å². The van der Waals surface area contributed by atoms with E-state index in [2.05, 4.69) is 21.4 Å². The first kappa shape index (κ1) is 31.7. The second kappa shape index (κ2) is 11.8. The van der Waals surface area contributed by atoms with Gasteiger partial charge in [-0.25, -0.2) is 4.39 Å². The number of furan rings is 1. The molecule has 4 aliphatic rings. The van der Waals surface area contributed by atoms with Crippen LogP contribution in [0.4, 0.5) is 15.8 Å². The van der Waals surface area contributed by atoms with Crippen molar-refractivity contribution in [3.63, 3.8) is 0 Å². The van der Waals surface area contributed by atoms with E-state index >= 15 is 4.79 Å². The maximum Gasteiger partial charge on any atom is 0.260 e. The molecule has 0 spiro atoms. The number of aliphatic hydroxyl groups is 1. The van der Waals surface area contributed by atoms with Gasteiger partial charge < -0.3 is 9.52 Å². The summed E-state index contributed by atoms with van der Waals surface area (Å²) in [5.74, 6) is -5.57. The number of halogens is 3. The molecule has 12 heteroatoms. The zero-order valence-corrected chi connectivity index (χ0v) is 28.0. The number of anilines is 2. The fourth-order valence-corrected chi connectivity index (χ4v) is 8.83. The van der Waals surface area contributed by atoms with Gasteiger partial charge in [0.1, 0.15) is 29.4 Å². The highest BCUT2D eigenvalue weighted by atomic mass is 79.9. The Balaban J connectivity index is 1.31. The summed E-state index contributed by atoms with van der Waals surface area (Å²) in [5, 5.41) is 11.4. The summed E-state index contributed by atoms with van der Waals surface area (Å²) in [6.07, 6.45) is 2.27. The van der Waals surface area contributed by atoms with Crippen molar-refractivity contribution in [2.24, 2.45) is 23.7 Å². The van der Waals surface area contributed by atoms with Gasteiger partial charge in [-0.05, 0) is 97.1 Å². The molecule has 1 saturated carbocycles. The highest BCUT2D eigenvalue weighted by molar-refractivity contribution is 9.10. The molecule has 2 aliphatic heterocycles. The number of hydrazine groups is 1. The number of aliphatic hydroxyl groups excluding tert-OH is 1. The molecule has 2 saturated heterocycles. The molecule has 4 amide bonds. The molecule has 8 rings (SSSR count). The number of fused-ring (bicyclic) bond motifs is 4. The number of allylic oxidation sites excluding steroid dienone is 2. The van der Waals surface area contributed by atoms with Gasteiger partial charge in [0, 0.05) is 9.50 Å². The molecule has 6 atom stereocenters. The van der Waals surface area contributed by atoms with Crippen LogP contribution in [0.2, 0.25) is 5.02 Å². The van der Waals surface area contributed by atoms with Crippen molar-refractivity contribution in [2.45, 2.75) is 30.8 Å². The smallest absolute Gasteiger partial charge is 0.260 e. The lowest BCUT2D eigenvalue weighted by Crippen LogP contribution is -2.53. The Labute approximate surface area is 293 Å². The molecule has 2 N–H and O–H groups in total. The number of hydrogen-bond donors (Lipinski definition) is 2. The van der Waals surface area contributed by atoms with Gasteiger partial charge in [0.2, 0.25) is 11.8 Å². The lowest BCUT2D eigenvalue weighted by Gasteiger charge is -2.49. The van der Waals surface area contributed by atoms with Gasteiger partial charge in [-0.2, -0.15) is 5.01 Å². The second-order valence-corrected chi connectivity index (χ2v) is 14.2. The number of benzene rings is 3. The molecule has 0 unspecified atom stereocenters. The van der Waals surface area contributed by atoms with E-state index in [0.29, 0.717) is 27.7 Å². The van der Waals surface area contributed by atoms with Crippen molar-refractivity contribution in [3.05, 3.63) is 129 Å². The SMILES string of the molecule is O=C1[C@@H]2C[C@@H]3C(=CC[C@@H]4C(=O)N(c5ccc(Br)cc5)C(=O)[C@@H]43)[C@H](c3ccc(CO)o3)[C@]2(c2ccc(Cl)cc2)C(=O)N1Nc1ccc(F)cc1. The van der Waals surface area contributed by atoms with E-state index < -0.39 is 59.2 Å². The number of carbonyl (C=O) groups excluding carboxylic acids is 4. The highest BCUT2D eigenvalue weighted by Gasteiger charge is 2.71. The third-order valence-corrected chi connectivity index (χ3v) is 11.2. The van der Waals surface area contributed by atoms with Gasteiger partial charge >= 0.3 is 0 Å². The average molecular weight is 745 g/mol. The van der Waals surface area contributed by atoms with Crippen LogP contribution in [-0.2, 0) is 31.2 Å². The predicted molar refractivity (Wildman–Crippen MR) is 180 cm³/mol. The maximum atomic E-state index is 15.1. The van der Waals surface area contributed by atoms with Crippen LogP contribution in [0, 0.1) is 29.5 Å². The number of imide groups is 2. The number of hydrogen-bond acceptors (Lipinski definition) is 7. The number of nitrogens with one attached hydrogen (secondary N) is 1. The summed E-state index contributed by atoms with van der Waals surface area (Å²) in [5.41, 5.74) is 3.36. The van der Waals surface area contributed by atoms with E-state index in [4.69, 9.17) is 16.0 Å². The van der Waals surface area contributed by atoms with Crippen molar-refractivity contribution in [1.29, 1.82) is 0 Å². The Hall–Kier alpha value is -4.58. The molecule has 0 radical (unpaired) electrons.